The fourth-order valence-electron chi connectivity index (χ4n) is 1.15. The third kappa shape index (κ3) is 5.02. The van der Waals surface area contributed by atoms with Gasteiger partial charge < -0.3 is 15.8 Å². The van der Waals surface area contributed by atoms with E-state index in [1.54, 1.807) is 0 Å². The average Bonchev–Trinajstić information content (AvgIpc) is 2.25. The van der Waals surface area contributed by atoms with Crippen LogP contribution in [0.25, 0.3) is 0 Å². The Morgan fingerprint density at radius 2 is 2.13 bits per heavy atom. The lowest BCUT2D eigenvalue weighted by Gasteiger charge is -2.13. The highest BCUT2D eigenvalue weighted by atomic mass is 16.5. The van der Waals surface area contributed by atoms with Crippen LogP contribution in [0, 0.1) is 0 Å². The molecule has 0 aromatic heterocycles. The molecule has 0 bridgehead atoms. The van der Waals surface area contributed by atoms with Gasteiger partial charge in [0.25, 0.3) is 0 Å². The van der Waals surface area contributed by atoms with Crippen molar-refractivity contribution in [1.29, 1.82) is 0 Å². The fourth-order valence-corrected chi connectivity index (χ4v) is 1.15. The van der Waals surface area contributed by atoms with E-state index in [-0.39, 0.29) is 6.04 Å². The quantitative estimate of drug-likeness (QED) is 0.765. The van der Waals surface area contributed by atoms with Crippen molar-refractivity contribution in [3.05, 3.63) is 35.9 Å². The first-order chi connectivity index (χ1) is 7.18. The summed E-state index contributed by atoms with van der Waals surface area (Å²) < 4.78 is 4.67. The minimum atomic E-state index is -0.733. The van der Waals surface area contributed by atoms with Gasteiger partial charge in [0, 0.05) is 12.6 Å². The van der Waals surface area contributed by atoms with E-state index in [2.05, 4.69) is 10.1 Å². The van der Waals surface area contributed by atoms with Crippen LogP contribution in [0.15, 0.2) is 30.3 Å². The van der Waals surface area contributed by atoms with E-state index >= 15 is 0 Å². The molecule has 0 saturated carbocycles. The maximum Gasteiger partial charge on any atom is 0.404 e. The summed E-state index contributed by atoms with van der Waals surface area (Å²) in [6.07, 6.45) is -0.733. The predicted octanol–water partition coefficient (Wildman–Crippen LogP) is 1.26. The molecule has 0 unspecified atom stereocenters. The fraction of sp³-hybridized carbons (Fsp3) is 0.364. The monoisotopic (exact) mass is 208 g/mol. The van der Waals surface area contributed by atoms with E-state index in [4.69, 9.17) is 5.73 Å². The van der Waals surface area contributed by atoms with Gasteiger partial charge in [-0.1, -0.05) is 30.3 Å². The van der Waals surface area contributed by atoms with Crippen molar-refractivity contribution in [2.45, 2.75) is 19.5 Å². The Hall–Kier alpha value is -1.55. The lowest BCUT2D eigenvalue weighted by atomic mass is 10.2. The van der Waals surface area contributed by atoms with Crippen molar-refractivity contribution in [2.75, 3.05) is 6.61 Å². The van der Waals surface area contributed by atoms with Crippen molar-refractivity contribution >= 4 is 6.09 Å². The van der Waals surface area contributed by atoms with Gasteiger partial charge >= 0.3 is 6.09 Å². The Kier molecular flexibility index (Phi) is 4.63. The molecule has 1 aromatic rings. The molecule has 82 valence electrons. The Bertz CT molecular complexity index is 301. The summed E-state index contributed by atoms with van der Waals surface area (Å²) in [6.45, 7) is 2.98. The summed E-state index contributed by atoms with van der Waals surface area (Å²) in [5, 5.41) is 3.22. The zero-order valence-electron chi connectivity index (χ0n) is 8.77. The molecule has 0 aliphatic carbocycles. The second kappa shape index (κ2) is 6.03. The van der Waals surface area contributed by atoms with Crippen LogP contribution in [0.2, 0.25) is 0 Å². The number of ether oxygens (including phenoxy) is 1. The molecule has 1 aromatic carbocycles. The highest BCUT2D eigenvalue weighted by Gasteiger charge is 2.03. The Labute approximate surface area is 89.4 Å². The molecule has 1 rings (SSSR count). The number of primary amides is 1. The highest BCUT2D eigenvalue weighted by molar-refractivity contribution is 5.64. The first kappa shape index (κ1) is 11.5. The van der Waals surface area contributed by atoms with Gasteiger partial charge in [-0.05, 0) is 12.5 Å². The third-order valence-corrected chi connectivity index (χ3v) is 1.97. The first-order valence-electron chi connectivity index (χ1n) is 4.88. The maximum atomic E-state index is 10.4. The number of nitrogens with one attached hydrogen (secondary N) is 1. The molecule has 0 heterocycles. The Balaban J connectivity index is 2.22. The van der Waals surface area contributed by atoms with Gasteiger partial charge in [-0.25, -0.2) is 4.79 Å². The van der Waals surface area contributed by atoms with Crippen molar-refractivity contribution in [3.63, 3.8) is 0 Å². The largest absolute Gasteiger partial charge is 0.448 e. The molecule has 1 amide bonds. The minimum absolute atomic E-state index is 0.0951. The topological polar surface area (TPSA) is 64.3 Å². The van der Waals surface area contributed by atoms with Gasteiger partial charge in [0.15, 0.2) is 0 Å². The van der Waals surface area contributed by atoms with Gasteiger partial charge in [0.2, 0.25) is 0 Å². The van der Waals surface area contributed by atoms with Crippen LogP contribution >= 0.6 is 0 Å². The van der Waals surface area contributed by atoms with Crippen LogP contribution in [0.4, 0.5) is 4.79 Å². The van der Waals surface area contributed by atoms with Gasteiger partial charge in [0.05, 0.1) is 0 Å². The van der Waals surface area contributed by atoms with Crippen LogP contribution in [-0.2, 0) is 11.3 Å². The van der Waals surface area contributed by atoms with E-state index in [0.717, 1.165) is 6.54 Å². The second-order valence-electron chi connectivity index (χ2n) is 3.40. The standard InChI is InChI=1S/C11H16N2O2/c1-9(8-15-11(12)14)13-7-10-5-3-2-4-6-10/h2-6,9,13H,7-8H2,1H3,(H2,12,14)/t9-/m0/s1. The van der Waals surface area contributed by atoms with E-state index in [1.807, 2.05) is 37.3 Å². The average molecular weight is 208 g/mol. The summed E-state index contributed by atoms with van der Waals surface area (Å²) in [7, 11) is 0. The number of rotatable bonds is 5. The van der Waals surface area contributed by atoms with Gasteiger partial charge in [-0.3, -0.25) is 0 Å². The van der Waals surface area contributed by atoms with Crippen LogP contribution in [0.1, 0.15) is 12.5 Å². The second-order valence-corrected chi connectivity index (χ2v) is 3.40. The van der Waals surface area contributed by atoms with Gasteiger partial charge in [0.1, 0.15) is 6.61 Å². The van der Waals surface area contributed by atoms with E-state index < -0.39 is 6.09 Å². The van der Waals surface area contributed by atoms with Gasteiger partial charge in [-0.2, -0.15) is 0 Å². The summed E-state index contributed by atoms with van der Waals surface area (Å²) in [6, 6.07) is 10.1. The SMILES string of the molecule is C[C@@H](COC(N)=O)NCc1ccccc1. The van der Waals surface area contributed by atoms with Gasteiger partial charge in [-0.15, -0.1) is 0 Å². The molecular formula is C11H16N2O2. The molecule has 4 nitrogen and oxygen atoms in total. The number of carbonyl (C=O) groups is 1. The van der Waals surface area contributed by atoms with Crippen LogP contribution < -0.4 is 11.1 Å². The number of hydrogen-bond donors (Lipinski definition) is 2. The summed E-state index contributed by atoms with van der Waals surface area (Å²) >= 11 is 0. The molecule has 15 heavy (non-hydrogen) atoms. The van der Waals surface area contributed by atoms with Crippen molar-refractivity contribution in [1.82, 2.24) is 5.32 Å². The zero-order chi connectivity index (χ0) is 11.1. The normalized spacial score (nSPS) is 12.1. The van der Waals surface area contributed by atoms with Crippen LogP contribution in [0.3, 0.4) is 0 Å². The smallest absolute Gasteiger partial charge is 0.404 e. The lowest BCUT2D eigenvalue weighted by Crippen LogP contribution is -2.32. The number of amides is 1. The predicted molar refractivity (Wildman–Crippen MR) is 58.3 cm³/mol. The summed E-state index contributed by atoms with van der Waals surface area (Å²) in [5.74, 6) is 0. The molecule has 0 aliphatic rings. The van der Waals surface area contributed by atoms with Crippen molar-refractivity contribution in [3.8, 4) is 0 Å². The number of benzene rings is 1. The molecular weight excluding hydrogens is 192 g/mol. The molecule has 0 spiro atoms. The number of nitrogens with two attached hydrogens (primary N) is 1. The minimum Gasteiger partial charge on any atom is -0.448 e. The van der Waals surface area contributed by atoms with Crippen molar-refractivity contribution < 1.29 is 9.53 Å². The lowest BCUT2D eigenvalue weighted by molar-refractivity contribution is 0.145. The first-order valence-corrected chi connectivity index (χ1v) is 4.88. The molecule has 1 atom stereocenters. The number of hydrogen-bond acceptors (Lipinski definition) is 3. The molecule has 3 N–H and O–H groups in total. The third-order valence-electron chi connectivity index (χ3n) is 1.97. The molecule has 0 radical (unpaired) electrons. The number of carbonyl (C=O) groups excluding carboxylic acids is 1. The summed E-state index contributed by atoms with van der Waals surface area (Å²) in [4.78, 5) is 10.4. The molecule has 0 saturated heterocycles. The van der Waals surface area contributed by atoms with E-state index in [9.17, 15) is 4.79 Å². The van der Waals surface area contributed by atoms with Crippen LogP contribution in [0.5, 0.6) is 0 Å². The van der Waals surface area contributed by atoms with E-state index in [0.29, 0.717) is 6.61 Å². The maximum absolute atomic E-state index is 10.4. The Morgan fingerprint density at radius 3 is 2.73 bits per heavy atom. The van der Waals surface area contributed by atoms with E-state index in [1.165, 1.54) is 5.56 Å². The van der Waals surface area contributed by atoms with Crippen molar-refractivity contribution in [2.24, 2.45) is 5.73 Å². The van der Waals surface area contributed by atoms with Crippen LogP contribution in [-0.4, -0.2) is 18.7 Å². The summed E-state index contributed by atoms with van der Waals surface area (Å²) in [5.41, 5.74) is 6.06. The molecule has 0 aliphatic heterocycles. The Morgan fingerprint density at radius 1 is 1.47 bits per heavy atom. The molecule has 0 fully saturated rings. The highest BCUT2D eigenvalue weighted by Crippen LogP contribution is 1.98. The zero-order valence-corrected chi connectivity index (χ0v) is 8.77. The molecule has 4 heteroatoms.